The Kier molecular flexibility index (Phi) is 5.10. The van der Waals surface area contributed by atoms with Gasteiger partial charge in [0.15, 0.2) is 0 Å². The average Bonchev–Trinajstić information content (AvgIpc) is 2.56. The molecule has 2 aromatic rings. The first-order valence-electron chi connectivity index (χ1n) is 7.97. The standard InChI is InChI=1S/C18H22N2O2S/c21-23(22,18-11-5-2-6-12-18)19-17-10-7-13-20(15-17)14-16-8-3-1-4-9-16/h1-6,8-9,11-12,17,19H,7,10,13-15H2/t17-/m1/s1. The predicted molar refractivity (Wildman–Crippen MR) is 91.5 cm³/mol. The van der Waals surface area contributed by atoms with Gasteiger partial charge in [-0.1, -0.05) is 48.5 Å². The van der Waals surface area contributed by atoms with Crippen LogP contribution in [0.25, 0.3) is 0 Å². The Morgan fingerprint density at radius 1 is 1.00 bits per heavy atom. The average molecular weight is 330 g/mol. The van der Waals surface area contributed by atoms with Crippen LogP contribution in [0.3, 0.4) is 0 Å². The first-order chi connectivity index (χ1) is 11.1. The van der Waals surface area contributed by atoms with E-state index < -0.39 is 10.0 Å². The van der Waals surface area contributed by atoms with Crippen molar-refractivity contribution in [3.63, 3.8) is 0 Å². The molecule has 0 unspecified atom stereocenters. The summed E-state index contributed by atoms with van der Waals surface area (Å²) >= 11 is 0. The van der Waals surface area contributed by atoms with E-state index in [1.807, 2.05) is 24.3 Å². The van der Waals surface area contributed by atoms with Gasteiger partial charge in [0.2, 0.25) is 10.0 Å². The van der Waals surface area contributed by atoms with Crippen molar-refractivity contribution in [3.05, 3.63) is 66.2 Å². The predicted octanol–water partition coefficient (Wildman–Crippen LogP) is 2.63. The molecule has 1 heterocycles. The SMILES string of the molecule is O=S(=O)(N[C@@H]1CCCN(Cc2ccccc2)C1)c1ccccc1. The van der Waals surface area contributed by atoms with Crippen LogP contribution in [0, 0.1) is 0 Å². The summed E-state index contributed by atoms with van der Waals surface area (Å²) in [6, 6.07) is 18.9. The third-order valence-corrected chi connectivity index (χ3v) is 5.67. The molecule has 1 fully saturated rings. The van der Waals surface area contributed by atoms with Gasteiger partial charge in [0, 0.05) is 19.1 Å². The van der Waals surface area contributed by atoms with E-state index in [1.54, 1.807) is 24.3 Å². The van der Waals surface area contributed by atoms with E-state index in [-0.39, 0.29) is 6.04 Å². The second-order valence-corrected chi connectivity index (χ2v) is 7.71. The fourth-order valence-electron chi connectivity index (χ4n) is 3.02. The Bertz CT molecular complexity index is 717. The number of benzene rings is 2. The lowest BCUT2D eigenvalue weighted by Crippen LogP contribution is -2.47. The smallest absolute Gasteiger partial charge is 0.240 e. The monoisotopic (exact) mass is 330 g/mol. The van der Waals surface area contributed by atoms with Crippen LogP contribution >= 0.6 is 0 Å². The Hall–Kier alpha value is -1.69. The summed E-state index contributed by atoms with van der Waals surface area (Å²) in [5.74, 6) is 0. The van der Waals surface area contributed by atoms with Crippen LogP contribution in [-0.2, 0) is 16.6 Å². The lowest BCUT2D eigenvalue weighted by atomic mass is 10.1. The largest absolute Gasteiger partial charge is 0.298 e. The number of piperidine rings is 1. The molecule has 5 heteroatoms. The van der Waals surface area contributed by atoms with Crippen LogP contribution < -0.4 is 4.72 Å². The summed E-state index contributed by atoms with van der Waals surface area (Å²) in [5.41, 5.74) is 1.26. The molecule has 0 saturated carbocycles. The maximum absolute atomic E-state index is 12.4. The highest BCUT2D eigenvalue weighted by Crippen LogP contribution is 2.16. The number of hydrogen-bond donors (Lipinski definition) is 1. The molecule has 0 amide bonds. The van der Waals surface area contributed by atoms with E-state index in [9.17, 15) is 8.42 Å². The number of sulfonamides is 1. The molecule has 0 spiro atoms. The topological polar surface area (TPSA) is 49.4 Å². The van der Waals surface area contributed by atoms with Crippen molar-refractivity contribution in [2.45, 2.75) is 30.3 Å². The zero-order valence-corrected chi connectivity index (χ0v) is 13.9. The van der Waals surface area contributed by atoms with Crippen molar-refractivity contribution in [1.29, 1.82) is 0 Å². The molecule has 1 aliphatic rings. The second-order valence-electron chi connectivity index (χ2n) is 5.99. The highest BCUT2D eigenvalue weighted by Gasteiger charge is 2.25. The summed E-state index contributed by atoms with van der Waals surface area (Å²) in [6.45, 7) is 2.63. The van der Waals surface area contributed by atoms with Gasteiger partial charge >= 0.3 is 0 Å². The number of hydrogen-bond acceptors (Lipinski definition) is 3. The number of likely N-dealkylation sites (tertiary alicyclic amines) is 1. The molecule has 2 aromatic carbocycles. The maximum atomic E-state index is 12.4. The van der Waals surface area contributed by atoms with E-state index in [1.165, 1.54) is 5.56 Å². The Labute approximate surface area is 138 Å². The summed E-state index contributed by atoms with van der Waals surface area (Å²) in [6.07, 6.45) is 1.90. The molecule has 1 atom stereocenters. The van der Waals surface area contributed by atoms with E-state index in [2.05, 4.69) is 21.8 Å². The first-order valence-corrected chi connectivity index (χ1v) is 9.45. The van der Waals surface area contributed by atoms with E-state index in [0.29, 0.717) is 4.90 Å². The van der Waals surface area contributed by atoms with Crippen LogP contribution in [-0.4, -0.2) is 32.4 Å². The lowest BCUT2D eigenvalue weighted by molar-refractivity contribution is 0.194. The van der Waals surface area contributed by atoms with Gasteiger partial charge in [-0.25, -0.2) is 13.1 Å². The Morgan fingerprint density at radius 2 is 1.65 bits per heavy atom. The van der Waals surface area contributed by atoms with Crippen molar-refractivity contribution in [3.8, 4) is 0 Å². The summed E-state index contributed by atoms with van der Waals surface area (Å²) in [7, 11) is -3.43. The third kappa shape index (κ3) is 4.41. The van der Waals surface area contributed by atoms with Crippen molar-refractivity contribution < 1.29 is 8.42 Å². The fourth-order valence-corrected chi connectivity index (χ4v) is 4.31. The summed E-state index contributed by atoms with van der Waals surface area (Å²) in [4.78, 5) is 2.65. The van der Waals surface area contributed by atoms with E-state index >= 15 is 0 Å². The quantitative estimate of drug-likeness (QED) is 0.917. The molecule has 0 bridgehead atoms. The van der Waals surface area contributed by atoms with Gasteiger partial charge < -0.3 is 0 Å². The van der Waals surface area contributed by atoms with Gasteiger partial charge in [0.05, 0.1) is 4.90 Å². The van der Waals surface area contributed by atoms with Gasteiger partial charge in [-0.3, -0.25) is 4.90 Å². The number of rotatable bonds is 5. The molecule has 0 aromatic heterocycles. The molecule has 4 nitrogen and oxygen atoms in total. The van der Waals surface area contributed by atoms with Crippen LogP contribution in [0.5, 0.6) is 0 Å². The minimum absolute atomic E-state index is 0.0299. The first kappa shape index (κ1) is 16.2. The minimum atomic E-state index is -3.43. The zero-order valence-electron chi connectivity index (χ0n) is 13.1. The summed E-state index contributed by atoms with van der Waals surface area (Å²) < 4.78 is 27.7. The van der Waals surface area contributed by atoms with Crippen molar-refractivity contribution in [2.75, 3.05) is 13.1 Å². The van der Waals surface area contributed by atoms with E-state index in [4.69, 9.17) is 0 Å². The van der Waals surface area contributed by atoms with Gasteiger partial charge in [0.25, 0.3) is 0 Å². The second kappa shape index (κ2) is 7.25. The summed E-state index contributed by atoms with van der Waals surface area (Å²) in [5, 5.41) is 0. The van der Waals surface area contributed by atoms with Gasteiger partial charge in [-0.15, -0.1) is 0 Å². The Balaban J connectivity index is 1.63. The minimum Gasteiger partial charge on any atom is -0.298 e. The Morgan fingerprint density at radius 3 is 2.35 bits per heavy atom. The van der Waals surface area contributed by atoms with Gasteiger partial charge in [-0.2, -0.15) is 0 Å². The zero-order chi connectivity index (χ0) is 16.1. The molecule has 1 aliphatic heterocycles. The number of nitrogens with zero attached hydrogens (tertiary/aromatic N) is 1. The van der Waals surface area contributed by atoms with Crippen LogP contribution in [0.4, 0.5) is 0 Å². The molecular weight excluding hydrogens is 308 g/mol. The van der Waals surface area contributed by atoms with Crippen LogP contribution in [0.2, 0.25) is 0 Å². The molecule has 0 radical (unpaired) electrons. The highest BCUT2D eigenvalue weighted by molar-refractivity contribution is 7.89. The third-order valence-electron chi connectivity index (χ3n) is 4.13. The maximum Gasteiger partial charge on any atom is 0.240 e. The molecular formula is C18H22N2O2S. The lowest BCUT2D eigenvalue weighted by Gasteiger charge is -2.33. The molecule has 23 heavy (non-hydrogen) atoms. The molecule has 1 N–H and O–H groups in total. The van der Waals surface area contributed by atoms with Crippen molar-refractivity contribution in [2.24, 2.45) is 0 Å². The number of nitrogens with one attached hydrogen (secondary N) is 1. The molecule has 1 saturated heterocycles. The van der Waals surface area contributed by atoms with Crippen molar-refractivity contribution in [1.82, 2.24) is 9.62 Å². The molecule has 122 valence electrons. The molecule has 0 aliphatic carbocycles. The van der Waals surface area contributed by atoms with E-state index in [0.717, 1.165) is 32.5 Å². The highest BCUT2D eigenvalue weighted by atomic mass is 32.2. The van der Waals surface area contributed by atoms with Crippen LogP contribution in [0.1, 0.15) is 18.4 Å². The molecule has 3 rings (SSSR count). The fraction of sp³-hybridized carbons (Fsp3) is 0.333. The van der Waals surface area contributed by atoms with Crippen molar-refractivity contribution >= 4 is 10.0 Å². The van der Waals surface area contributed by atoms with Gasteiger partial charge in [0.1, 0.15) is 0 Å². The van der Waals surface area contributed by atoms with Gasteiger partial charge in [-0.05, 0) is 37.1 Å². The van der Waals surface area contributed by atoms with Crippen LogP contribution in [0.15, 0.2) is 65.6 Å². The normalized spacial score (nSPS) is 19.6.